The molecule has 1 aromatic carbocycles. The Morgan fingerprint density at radius 3 is 3.14 bits per heavy atom. The van der Waals surface area contributed by atoms with Gasteiger partial charge in [-0.3, -0.25) is 9.78 Å². The molecule has 1 N–H and O–H groups in total. The molecular weight excluding hydrogens is 264 g/mol. The monoisotopic (exact) mass is 282 g/mol. The third-order valence-corrected chi connectivity index (χ3v) is 3.61. The van der Waals surface area contributed by atoms with Crippen LogP contribution in [0.15, 0.2) is 42.6 Å². The minimum atomic E-state index is -0.0987. The Bertz CT molecular complexity index is 655. The average molecular weight is 282 g/mol. The zero-order chi connectivity index (χ0) is 14.5. The van der Waals surface area contributed by atoms with E-state index in [1.807, 2.05) is 30.3 Å². The number of aromatic nitrogens is 1. The van der Waals surface area contributed by atoms with E-state index in [0.29, 0.717) is 6.54 Å². The van der Waals surface area contributed by atoms with Crippen LogP contribution in [-0.2, 0) is 9.53 Å². The first-order valence-electron chi connectivity index (χ1n) is 7.24. The van der Waals surface area contributed by atoms with Crippen molar-refractivity contribution in [1.29, 1.82) is 0 Å². The number of hydrogen-bond donors (Lipinski definition) is 1. The zero-order valence-electron chi connectivity index (χ0n) is 11.8. The van der Waals surface area contributed by atoms with E-state index in [2.05, 4.69) is 10.3 Å². The summed E-state index contributed by atoms with van der Waals surface area (Å²) in [7, 11) is 0. The average Bonchev–Trinajstić information content (AvgIpc) is 3.04. The molecule has 0 radical (unpaired) electrons. The molecule has 21 heavy (non-hydrogen) atoms. The van der Waals surface area contributed by atoms with Gasteiger partial charge in [0.05, 0.1) is 11.6 Å². The lowest BCUT2D eigenvalue weighted by molar-refractivity contribution is -0.116. The lowest BCUT2D eigenvalue weighted by Gasteiger charge is -2.08. The third kappa shape index (κ3) is 3.47. The molecule has 1 aromatic heterocycles. The van der Waals surface area contributed by atoms with Crippen LogP contribution in [0.1, 0.15) is 18.4 Å². The van der Waals surface area contributed by atoms with E-state index in [1.54, 1.807) is 18.3 Å². The smallest absolute Gasteiger partial charge is 0.244 e. The summed E-state index contributed by atoms with van der Waals surface area (Å²) in [6, 6.07) is 9.85. The van der Waals surface area contributed by atoms with Crippen LogP contribution < -0.4 is 5.32 Å². The van der Waals surface area contributed by atoms with Gasteiger partial charge in [-0.05, 0) is 25.0 Å². The number of carbonyl (C=O) groups excluding carboxylic acids is 1. The van der Waals surface area contributed by atoms with Gasteiger partial charge in [0.25, 0.3) is 0 Å². The molecule has 1 aliphatic heterocycles. The Morgan fingerprint density at radius 2 is 2.29 bits per heavy atom. The summed E-state index contributed by atoms with van der Waals surface area (Å²) in [4.78, 5) is 16.2. The molecule has 2 heterocycles. The van der Waals surface area contributed by atoms with Crippen LogP contribution in [0.2, 0.25) is 0 Å². The summed E-state index contributed by atoms with van der Waals surface area (Å²) in [5.74, 6) is -0.0987. The number of carbonyl (C=O) groups is 1. The molecule has 0 saturated carbocycles. The maximum atomic E-state index is 11.8. The van der Waals surface area contributed by atoms with Crippen LogP contribution in [0.3, 0.4) is 0 Å². The van der Waals surface area contributed by atoms with Crippen LogP contribution >= 0.6 is 0 Å². The second kappa shape index (κ2) is 6.50. The molecule has 0 aliphatic carbocycles. The van der Waals surface area contributed by atoms with E-state index < -0.39 is 0 Å². The van der Waals surface area contributed by atoms with Crippen molar-refractivity contribution in [3.8, 4) is 0 Å². The van der Waals surface area contributed by atoms with Crippen molar-refractivity contribution in [2.24, 2.45) is 0 Å². The van der Waals surface area contributed by atoms with Gasteiger partial charge in [-0.1, -0.05) is 24.3 Å². The predicted octanol–water partition coefficient (Wildman–Crippen LogP) is 2.54. The van der Waals surface area contributed by atoms with Gasteiger partial charge >= 0.3 is 0 Å². The Kier molecular flexibility index (Phi) is 4.26. The van der Waals surface area contributed by atoms with Crippen molar-refractivity contribution >= 4 is 22.9 Å². The number of para-hydroxylation sites is 1. The fraction of sp³-hybridized carbons (Fsp3) is 0.294. The zero-order valence-corrected chi connectivity index (χ0v) is 11.8. The summed E-state index contributed by atoms with van der Waals surface area (Å²) < 4.78 is 5.47. The summed E-state index contributed by atoms with van der Waals surface area (Å²) in [6.07, 6.45) is 7.40. The van der Waals surface area contributed by atoms with Crippen molar-refractivity contribution in [2.75, 3.05) is 13.2 Å². The molecule has 0 bridgehead atoms. The largest absolute Gasteiger partial charge is 0.376 e. The first-order chi connectivity index (χ1) is 10.3. The molecule has 3 rings (SSSR count). The topological polar surface area (TPSA) is 51.2 Å². The molecule has 1 aliphatic rings. The first kappa shape index (κ1) is 13.8. The van der Waals surface area contributed by atoms with Gasteiger partial charge in [-0.2, -0.15) is 0 Å². The van der Waals surface area contributed by atoms with Crippen molar-refractivity contribution in [3.63, 3.8) is 0 Å². The van der Waals surface area contributed by atoms with E-state index >= 15 is 0 Å². The molecule has 108 valence electrons. The predicted molar refractivity (Wildman–Crippen MR) is 82.8 cm³/mol. The molecule has 0 spiro atoms. The number of pyridine rings is 1. The maximum Gasteiger partial charge on any atom is 0.244 e. The second-order valence-electron chi connectivity index (χ2n) is 5.14. The first-order valence-corrected chi connectivity index (χ1v) is 7.24. The number of fused-ring (bicyclic) bond motifs is 1. The van der Waals surface area contributed by atoms with Crippen molar-refractivity contribution < 1.29 is 9.53 Å². The minimum Gasteiger partial charge on any atom is -0.376 e. The molecule has 1 atom stereocenters. The maximum absolute atomic E-state index is 11.8. The van der Waals surface area contributed by atoms with Crippen molar-refractivity contribution in [3.05, 3.63) is 48.2 Å². The van der Waals surface area contributed by atoms with Crippen LogP contribution in [-0.4, -0.2) is 30.1 Å². The summed E-state index contributed by atoms with van der Waals surface area (Å²) in [5.41, 5.74) is 1.85. The second-order valence-corrected chi connectivity index (χ2v) is 5.14. The van der Waals surface area contributed by atoms with E-state index in [9.17, 15) is 4.79 Å². The molecule has 1 saturated heterocycles. The Morgan fingerprint density at radius 1 is 1.38 bits per heavy atom. The van der Waals surface area contributed by atoms with E-state index in [1.165, 1.54) is 0 Å². The van der Waals surface area contributed by atoms with Gasteiger partial charge in [-0.15, -0.1) is 0 Å². The normalized spacial score (nSPS) is 18.4. The van der Waals surface area contributed by atoms with Crippen molar-refractivity contribution in [1.82, 2.24) is 10.3 Å². The number of rotatable bonds is 4. The van der Waals surface area contributed by atoms with Gasteiger partial charge in [0, 0.05) is 36.4 Å². The van der Waals surface area contributed by atoms with E-state index in [4.69, 9.17) is 4.74 Å². The summed E-state index contributed by atoms with van der Waals surface area (Å²) in [5, 5.41) is 3.94. The van der Waals surface area contributed by atoms with Crippen LogP contribution in [0.25, 0.3) is 17.0 Å². The molecular formula is C17H18N2O2. The number of nitrogens with one attached hydrogen (secondary N) is 1. The fourth-order valence-corrected chi connectivity index (χ4v) is 2.51. The highest BCUT2D eigenvalue weighted by atomic mass is 16.5. The number of nitrogens with zero attached hydrogens (tertiary/aromatic N) is 1. The SMILES string of the molecule is O=C(/C=C\c1cccc2cccnc12)NC[C@H]1CCCO1. The number of benzene rings is 1. The number of hydrogen-bond acceptors (Lipinski definition) is 3. The fourth-order valence-electron chi connectivity index (χ4n) is 2.51. The Hall–Kier alpha value is -2.20. The lowest BCUT2D eigenvalue weighted by Crippen LogP contribution is -2.30. The van der Waals surface area contributed by atoms with Gasteiger partial charge in [0.2, 0.25) is 5.91 Å². The number of ether oxygens (including phenoxy) is 1. The molecule has 4 nitrogen and oxygen atoms in total. The van der Waals surface area contributed by atoms with Crippen LogP contribution in [0.4, 0.5) is 0 Å². The number of amides is 1. The minimum absolute atomic E-state index is 0.0987. The summed E-state index contributed by atoms with van der Waals surface area (Å²) in [6.45, 7) is 1.38. The standard InChI is InChI=1S/C17H18N2O2/c20-16(19-12-15-7-3-11-21-15)9-8-14-5-1-4-13-6-2-10-18-17(13)14/h1-2,4-6,8-10,15H,3,7,11-12H2,(H,19,20)/b9-8-/t15-/m1/s1. The van der Waals surface area contributed by atoms with E-state index in [0.717, 1.165) is 35.9 Å². The molecule has 1 fully saturated rings. The summed E-state index contributed by atoms with van der Waals surface area (Å²) >= 11 is 0. The highest BCUT2D eigenvalue weighted by molar-refractivity contribution is 5.95. The van der Waals surface area contributed by atoms with E-state index in [-0.39, 0.29) is 12.0 Å². The Labute approximate surface area is 123 Å². The van der Waals surface area contributed by atoms with Gasteiger partial charge in [0.1, 0.15) is 0 Å². The quantitative estimate of drug-likeness (QED) is 0.877. The molecule has 4 heteroatoms. The molecule has 0 unspecified atom stereocenters. The lowest BCUT2D eigenvalue weighted by atomic mass is 10.1. The highest BCUT2D eigenvalue weighted by Crippen LogP contribution is 2.17. The van der Waals surface area contributed by atoms with Crippen molar-refractivity contribution in [2.45, 2.75) is 18.9 Å². The molecule has 2 aromatic rings. The van der Waals surface area contributed by atoms with Gasteiger partial charge < -0.3 is 10.1 Å². The van der Waals surface area contributed by atoms with Gasteiger partial charge in [-0.25, -0.2) is 0 Å². The highest BCUT2D eigenvalue weighted by Gasteiger charge is 2.15. The van der Waals surface area contributed by atoms with Crippen LogP contribution in [0, 0.1) is 0 Å². The van der Waals surface area contributed by atoms with Gasteiger partial charge in [0.15, 0.2) is 0 Å². The van der Waals surface area contributed by atoms with Crippen LogP contribution in [0.5, 0.6) is 0 Å². The third-order valence-electron chi connectivity index (χ3n) is 3.61. The Balaban J connectivity index is 1.65. The molecule has 1 amide bonds.